The Balaban J connectivity index is 0.00000264. The quantitative estimate of drug-likeness (QED) is 0.847. The van der Waals surface area contributed by atoms with Gasteiger partial charge in [-0.25, -0.2) is 4.98 Å². The fraction of sp³-hybridized carbons (Fsp3) is 0.294. The molecule has 2 aromatic rings. The summed E-state index contributed by atoms with van der Waals surface area (Å²) in [7, 11) is 1.63. The molecule has 0 atom stereocenters. The molecule has 1 aromatic heterocycles. The highest BCUT2D eigenvalue weighted by Gasteiger charge is 2.15. The minimum absolute atomic E-state index is 0. The van der Waals surface area contributed by atoms with E-state index in [2.05, 4.69) is 10.3 Å². The van der Waals surface area contributed by atoms with Crippen molar-refractivity contribution in [1.29, 1.82) is 0 Å². The molecule has 23 heavy (non-hydrogen) atoms. The number of hydrogen-bond donors (Lipinski definition) is 2. The van der Waals surface area contributed by atoms with Gasteiger partial charge in [-0.1, -0.05) is 13.8 Å². The summed E-state index contributed by atoms with van der Waals surface area (Å²) in [6, 6.07) is 9.46. The summed E-state index contributed by atoms with van der Waals surface area (Å²) in [5.74, 6) is 1.09. The molecule has 1 amide bonds. The molecule has 0 aliphatic rings. The number of amides is 1. The van der Waals surface area contributed by atoms with Crippen LogP contribution in [0.5, 0.6) is 5.75 Å². The highest BCUT2D eigenvalue weighted by molar-refractivity contribution is 5.95. The van der Waals surface area contributed by atoms with E-state index in [4.69, 9.17) is 10.5 Å². The monoisotopic (exact) mass is 335 g/mol. The third kappa shape index (κ3) is 4.36. The molecule has 0 radical (unpaired) electrons. The standard InChI is InChI=1S/C17H21N3O2.ClH/c1-4-11-10-15(20-14(5-2)16(11)17(18)21)19-12-6-8-13(22-3)9-7-12;/h6-10H,4-5H2,1-3H3,(H2,18,21)(H,19,20);1H. The van der Waals surface area contributed by atoms with Crippen molar-refractivity contribution in [2.45, 2.75) is 26.7 Å². The molecule has 6 heteroatoms. The zero-order chi connectivity index (χ0) is 16.1. The molecule has 0 fully saturated rings. The first kappa shape index (κ1) is 18.8. The lowest BCUT2D eigenvalue weighted by molar-refractivity contribution is 0.0998. The number of pyridine rings is 1. The van der Waals surface area contributed by atoms with E-state index in [0.29, 0.717) is 17.8 Å². The van der Waals surface area contributed by atoms with E-state index in [0.717, 1.165) is 29.1 Å². The molecule has 0 aliphatic carbocycles. The van der Waals surface area contributed by atoms with Crippen molar-refractivity contribution in [2.24, 2.45) is 5.73 Å². The van der Waals surface area contributed by atoms with Crippen molar-refractivity contribution >= 4 is 29.8 Å². The van der Waals surface area contributed by atoms with Crippen molar-refractivity contribution in [1.82, 2.24) is 4.98 Å². The minimum Gasteiger partial charge on any atom is -0.497 e. The summed E-state index contributed by atoms with van der Waals surface area (Å²) in [6.07, 6.45) is 1.38. The first-order valence-electron chi connectivity index (χ1n) is 7.32. The SMILES string of the molecule is CCc1cc(Nc2ccc(OC)cc2)nc(CC)c1C(N)=O.Cl. The van der Waals surface area contributed by atoms with Gasteiger partial charge < -0.3 is 15.8 Å². The van der Waals surface area contributed by atoms with Gasteiger partial charge in [0.25, 0.3) is 5.91 Å². The number of nitrogens with zero attached hydrogens (tertiary/aromatic N) is 1. The second-order valence-electron chi connectivity index (χ2n) is 4.91. The highest BCUT2D eigenvalue weighted by atomic mass is 35.5. The van der Waals surface area contributed by atoms with Gasteiger partial charge in [0.2, 0.25) is 0 Å². The topological polar surface area (TPSA) is 77.2 Å². The number of halogens is 1. The Hall–Kier alpha value is -2.27. The normalized spacial score (nSPS) is 9.87. The summed E-state index contributed by atoms with van der Waals surface area (Å²) in [6.45, 7) is 3.96. The summed E-state index contributed by atoms with van der Waals surface area (Å²) in [5.41, 5.74) is 8.58. The van der Waals surface area contributed by atoms with E-state index in [1.54, 1.807) is 7.11 Å². The second-order valence-corrected chi connectivity index (χ2v) is 4.91. The zero-order valence-corrected chi connectivity index (χ0v) is 14.4. The predicted octanol–water partition coefficient (Wildman–Crippen LogP) is 3.48. The largest absolute Gasteiger partial charge is 0.497 e. The van der Waals surface area contributed by atoms with Crippen LogP contribution in [-0.2, 0) is 12.8 Å². The van der Waals surface area contributed by atoms with E-state index in [1.807, 2.05) is 44.2 Å². The molecule has 0 unspecified atom stereocenters. The van der Waals surface area contributed by atoms with Crippen LogP contribution in [0.4, 0.5) is 11.5 Å². The lowest BCUT2D eigenvalue weighted by Crippen LogP contribution is -2.18. The van der Waals surface area contributed by atoms with Gasteiger partial charge in [-0.3, -0.25) is 4.79 Å². The van der Waals surface area contributed by atoms with E-state index >= 15 is 0 Å². The van der Waals surface area contributed by atoms with Crippen LogP contribution in [-0.4, -0.2) is 18.0 Å². The number of benzene rings is 1. The number of nitrogens with two attached hydrogens (primary N) is 1. The molecule has 0 saturated carbocycles. The van der Waals surface area contributed by atoms with Crippen LogP contribution in [0.15, 0.2) is 30.3 Å². The van der Waals surface area contributed by atoms with Crippen LogP contribution >= 0.6 is 12.4 Å². The van der Waals surface area contributed by atoms with Crippen molar-refractivity contribution < 1.29 is 9.53 Å². The molecule has 0 saturated heterocycles. The fourth-order valence-corrected chi connectivity index (χ4v) is 2.38. The van der Waals surface area contributed by atoms with Crippen LogP contribution in [0.3, 0.4) is 0 Å². The number of primary amides is 1. The zero-order valence-electron chi connectivity index (χ0n) is 13.6. The molecule has 0 aliphatic heterocycles. The number of methoxy groups -OCH3 is 1. The molecule has 5 nitrogen and oxygen atoms in total. The van der Waals surface area contributed by atoms with Crippen molar-refractivity contribution in [2.75, 3.05) is 12.4 Å². The second kappa shape index (κ2) is 8.39. The number of ether oxygens (including phenoxy) is 1. The van der Waals surface area contributed by atoms with Crippen molar-refractivity contribution in [3.8, 4) is 5.75 Å². The number of anilines is 2. The molecule has 2 rings (SSSR count). The lowest BCUT2D eigenvalue weighted by atomic mass is 10.0. The van der Waals surface area contributed by atoms with Gasteiger partial charge in [0.1, 0.15) is 11.6 Å². The maximum Gasteiger partial charge on any atom is 0.250 e. The molecular weight excluding hydrogens is 314 g/mol. The maximum absolute atomic E-state index is 11.6. The Morgan fingerprint density at radius 1 is 1.22 bits per heavy atom. The number of hydrogen-bond acceptors (Lipinski definition) is 4. The first-order chi connectivity index (χ1) is 10.6. The third-order valence-electron chi connectivity index (χ3n) is 3.50. The average Bonchev–Trinajstić information content (AvgIpc) is 2.54. The fourth-order valence-electron chi connectivity index (χ4n) is 2.38. The summed E-state index contributed by atoms with van der Waals surface area (Å²) in [5, 5.41) is 3.25. The van der Waals surface area contributed by atoms with E-state index in [9.17, 15) is 4.79 Å². The maximum atomic E-state index is 11.6. The van der Waals surface area contributed by atoms with Crippen LogP contribution in [0.25, 0.3) is 0 Å². The van der Waals surface area contributed by atoms with E-state index in [1.165, 1.54) is 0 Å². The Labute approximate surface area is 142 Å². The lowest BCUT2D eigenvalue weighted by Gasteiger charge is -2.14. The Bertz CT molecular complexity index is 647. The number of carbonyl (C=O) groups is 1. The van der Waals surface area contributed by atoms with E-state index in [-0.39, 0.29) is 12.4 Å². The molecule has 1 aromatic carbocycles. The smallest absolute Gasteiger partial charge is 0.250 e. The van der Waals surface area contributed by atoms with Gasteiger partial charge >= 0.3 is 0 Å². The molecule has 0 spiro atoms. The Morgan fingerprint density at radius 2 is 1.87 bits per heavy atom. The molecule has 0 bridgehead atoms. The van der Waals surface area contributed by atoms with Gasteiger partial charge in [0.05, 0.1) is 18.4 Å². The van der Waals surface area contributed by atoms with Crippen LogP contribution in [0, 0.1) is 0 Å². The number of carbonyl (C=O) groups excluding carboxylic acids is 1. The Morgan fingerprint density at radius 3 is 2.35 bits per heavy atom. The van der Waals surface area contributed by atoms with Crippen LogP contribution in [0.1, 0.15) is 35.5 Å². The number of rotatable bonds is 6. The molecule has 3 N–H and O–H groups in total. The number of aryl methyl sites for hydroxylation is 2. The third-order valence-corrected chi connectivity index (χ3v) is 3.50. The van der Waals surface area contributed by atoms with Gasteiger partial charge in [0.15, 0.2) is 0 Å². The summed E-state index contributed by atoms with van der Waals surface area (Å²) < 4.78 is 5.14. The molecular formula is C17H22ClN3O2. The van der Waals surface area contributed by atoms with Gasteiger partial charge in [0, 0.05) is 5.69 Å². The molecule has 1 heterocycles. The van der Waals surface area contributed by atoms with E-state index < -0.39 is 5.91 Å². The number of nitrogens with one attached hydrogen (secondary N) is 1. The highest BCUT2D eigenvalue weighted by Crippen LogP contribution is 2.23. The summed E-state index contributed by atoms with van der Waals surface area (Å²) in [4.78, 5) is 16.2. The minimum atomic E-state index is -0.419. The Kier molecular flexibility index (Phi) is 6.85. The summed E-state index contributed by atoms with van der Waals surface area (Å²) >= 11 is 0. The predicted molar refractivity (Wildman–Crippen MR) is 95.0 cm³/mol. The van der Waals surface area contributed by atoms with Gasteiger partial charge in [-0.2, -0.15) is 0 Å². The number of aromatic nitrogens is 1. The van der Waals surface area contributed by atoms with Crippen molar-refractivity contribution in [3.63, 3.8) is 0 Å². The van der Waals surface area contributed by atoms with Gasteiger partial charge in [-0.15, -0.1) is 12.4 Å². The first-order valence-corrected chi connectivity index (χ1v) is 7.32. The average molecular weight is 336 g/mol. The van der Waals surface area contributed by atoms with Crippen molar-refractivity contribution in [3.05, 3.63) is 47.2 Å². The van der Waals surface area contributed by atoms with Gasteiger partial charge in [-0.05, 0) is 48.7 Å². The molecule has 124 valence electrons. The van der Waals surface area contributed by atoms with Crippen LogP contribution in [0.2, 0.25) is 0 Å². The van der Waals surface area contributed by atoms with Crippen LogP contribution < -0.4 is 15.8 Å².